The molecule has 1 aliphatic heterocycles. The molecule has 7 heteroatoms. The molecule has 36 heavy (non-hydrogen) atoms. The zero-order valence-electron chi connectivity index (χ0n) is 22.8. The van der Waals surface area contributed by atoms with Gasteiger partial charge in [-0.1, -0.05) is 13.8 Å². The lowest BCUT2D eigenvalue weighted by Crippen LogP contribution is -2.62. The van der Waals surface area contributed by atoms with Crippen LogP contribution in [-0.2, 0) is 14.3 Å². The van der Waals surface area contributed by atoms with Gasteiger partial charge in [0.2, 0.25) is 0 Å². The first-order valence-corrected chi connectivity index (χ1v) is 14.0. The number of hydrogen-bond acceptors (Lipinski definition) is 7. The minimum Gasteiger partial charge on any atom is -0.390 e. The summed E-state index contributed by atoms with van der Waals surface area (Å²) >= 11 is 0. The third kappa shape index (κ3) is 3.71. The lowest BCUT2D eigenvalue weighted by molar-refractivity contribution is -0.166. The van der Waals surface area contributed by atoms with Crippen LogP contribution < -0.4 is 0 Å². The van der Waals surface area contributed by atoms with Crippen molar-refractivity contribution in [1.29, 1.82) is 0 Å². The van der Waals surface area contributed by atoms with E-state index in [1.807, 2.05) is 20.8 Å². The summed E-state index contributed by atoms with van der Waals surface area (Å²) in [6.07, 6.45) is 4.25. The first-order valence-electron chi connectivity index (χ1n) is 14.0. The molecule has 0 amide bonds. The van der Waals surface area contributed by atoms with Gasteiger partial charge in [0.15, 0.2) is 12.1 Å². The van der Waals surface area contributed by atoms with E-state index in [1.165, 1.54) is 0 Å². The van der Waals surface area contributed by atoms with Crippen LogP contribution in [0.3, 0.4) is 0 Å². The summed E-state index contributed by atoms with van der Waals surface area (Å²) in [5.74, 6) is -0.337. The molecule has 5 aliphatic rings. The van der Waals surface area contributed by atoms with Gasteiger partial charge < -0.3 is 29.9 Å². The summed E-state index contributed by atoms with van der Waals surface area (Å²) in [5, 5.41) is 43.7. The molecule has 204 valence electrons. The molecule has 7 nitrogen and oxygen atoms in total. The molecule has 1 saturated heterocycles. The normalized spacial score (nSPS) is 53.0. The number of allylic oxidation sites excluding steroid dienone is 1. The van der Waals surface area contributed by atoms with Crippen molar-refractivity contribution in [2.45, 2.75) is 134 Å². The molecule has 0 unspecified atom stereocenters. The number of aliphatic hydroxyl groups excluding tert-OH is 2. The molecular formula is C29H46O7. The van der Waals surface area contributed by atoms with Crippen molar-refractivity contribution < 1.29 is 34.7 Å². The van der Waals surface area contributed by atoms with E-state index in [2.05, 4.69) is 20.8 Å². The van der Waals surface area contributed by atoms with Crippen molar-refractivity contribution >= 4 is 5.78 Å². The largest absolute Gasteiger partial charge is 0.390 e. The Labute approximate surface area is 215 Å². The highest BCUT2D eigenvalue weighted by molar-refractivity contribution is 5.95. The number of fused-ring (bicyclic) bond motifs is 5. The minimum atomic E-state index is -1.13. The second-order valence-electron chi connectivity index (χ2n) is 13.9. The molecule has 5 rings (SSSR count). The number of rotatable bonds is 4. The molecule has 4 fully saturated rings. The Kier molecular flexibility index (Phi) is 6.19. The zero-order chi connectivity index (χ0) is 26.5. The predicted molar refractivity (Wildman–Crippen MR) is 134 cm³/mol. The van der Waals surface area contributed by atoms with Crippen molar-refractivity contribution in [2.24, 2.45) is 28.6 Å². The van der Waals surface area contributed by atoms with Crippen LogP contribution in [0, 0.1) is 28.6 Å². The molecule has 0 aromatic heterocycles. The van der Waals surface area contributed by atoms with Crippen molar-refractivity contribution in [2.75, 3.05) is 0 Å². The molecule has 0 radical (unpaired) electrons. The van der Waals surface area contributed by atoms with Crippen LogP contribution >= 0.6 is 0 Å². The molecular weight excluding hydrogens is 460 g/mol. The van der Waals surface area contributed by atoms with Crippen molar-refractivity contribution in [3.63, 3.8) is 0 Å². The Bertz CT molecular complexity index is 940. The van der Waals surface area contributed by atoms with Crippen LogP contribution in [0.25, 0.3) is 0 Å². The van der Waals surface area contributed by atoms with E-state index in [0.717, 1.165) is 24.8 Å². The van der Waals surface area contributed by atoms with Crippen LogP contribution in [0.1, 0.15) is 92.9 Å². The summed E-state index contributed by atoms with van der Waals surface area (Å²) in [6, 6.07) is 0. The molecule has 4 aliphatic carbocycles. The number of carbonyl (C=O) groups excluding carboxylic acids is 1. The number of carbonyl (C=O) groups is 1. The maximum absolute atomic E-state index is 13.4. The van der Waals surface area contributed by atoms with E-state index in [9.17, 15) is 25.2 Å². The van der Waals surface area contributed by atoms with Gasteiger partial charge in [0, 0.05) is 11.3 Å². The molecule has 0 aromatic carbocycles. The molecule has 0 spiro atoms. The SMILES string of the molecule is C[C@H]1O[C@H](CCC(C)(C)O)[C@@](C)([C@H]2CC[C@@]3(O)C4=CC(=O)[C@@H]5C[C@@H](O)[C@@H](O)C[C@]5(C)[C@H]4CC[C@]23C)O1. The van der Waals surface area contributed by atoms with E-state index in [4.69, 9.17) is 9.47 Å². The van der Waals surface area contributed by atoms with Crippen molar-refractivity contribution in [3.05, 3.63) is 11.6 Å². The zero-order valence-corrected chi connectivity index (χ0v) is 22.8. The lowest BCUT2D eigenvalue weighted by atomic mass is 9.45. The fraction of sp³-hybridized carbons (Fsp3) is 0.897. The Balaban J connectivity index is 1.49. The molecule has 1 heterocycles. The maximum Gasteiger partial charge on any atom is 0.159 e. The molecule has 0 bridgehead atoms. The third-order valence-electron chi connectivity index (χ3n) is 11.2. The Morgan fingerprint density at radius 1 is 1.08 bits per heavy atom. The quantitative estimate of drug-likeness (QED) is 0.462. The van der Waals surface area contributed by atoms with Gasteiger partial charge in [-0.05, 0) is 108 Å². The molecule has 4 N–H and O–H groups in total. The van der Waals surface area contributed by atoms with E-state index in [1.54, 1.807) is 6.08 Å². The summed E-state index contributed by atoms with van der Waals surface area (Å²) in [6.45, 7) is 11.9. The van der Waals surface area contributed by atoms with E-state index < -0.39 is 39.8 Å². The minimum absolute atomic E-state index is 0.00219. The smallest absolute Gasteiger partial charge is 0.159 e. The number of hydrogen-bond donors (Lipinski definition) is 4. The monoisotopic (exact) mass is 506 g/mol. The van der Waals surface area contributed by atoms with Crippen LogP contribution in [0.4, 0.5) is 0 Å². The van der Waals surface area contributed by atoms with Crippen LogP contribution in [0.2, 0.25) is 0 Å². The first kappa shape index (κ1) is 26.8. The number of aliphatic hydroxyl groups is 4. The van der Waals surface area contributed by atoms with E-state index in [-0.39, 0.29) is 42.4 Å². The summed E-state index contributed by atoms with van der Waals surface area (Å²) in [4.78, 5) is 13.4. The Hall–Kier alpha value is -0.830. The number of ketones is 1. The molecule has 0 aromatic rings. The third-order valence-corrected chi connectivity index (χ3v) is 11.2. The van der Waals surface area contributed by atoms with Crippen molar-refractivity contribution in [3.8, 4) is 0 Å². The molecule has 11 atom stereocenters. The van der Waals surface area contributed by atoms with Gasteiger partial charge in [-0.3, -0.25) is 4.79 Å². The fourth-order valence-electron chi connectivity index (χ4n) is 9.26. The average Bonchev–Trinajstić information content (AvgIpc) is 3.21. The van der Waals surface area contributed by atoms with Crippen LogP contribution in [0.5, 0.6) is 0 Å². The Morgan fingerprint density at radius 3 is 2.44 bits per heavy atom. The van der Waals surface area contributed by atoms with Gasteiger partial charge in [0.25, 0.3) is 0 Å². The highest BCUT2D eigenvalue weighted by Gasteiger charge is 2.70. The predicted octanol–water partition coefficient (Wildman–Crippen LogP) is 3.26. The standard InChI is InChI=1S/C29H46O7/c1-16-35-24(9-10-25(2,3)33)28(6,36-16)23-8-12-29(34)18-13-20(30)19-14-21(31)22(32)15-26(19,4)17(18)7-11-27(23,29)5/h13,16-17,19,21-24,31-34H,7-12,14-15H2,1-6H3/t16-,17-,19-,21+,22-,23-,24+,26+,27+,28+,29+/m0/s1. The second kappa shape index (κ2) is 8.33. The Morgan fingerprint density at radius 2 is 1.78 bits per heavy atom. The summed E-state index contributed by atoms with van der Waals surface area (Å²) in [5.41, 5.74) is -2.70. The topological polar surface area (TPSA) is 116 Å². The average molecular weight is 507 g/mol. The highest BCUT2D eigenvalue weighted by atomic mass is 16.7. The number of ether oxygens (including phenoxy) is 2. The van der Waals surface area contributed by atoms with E-state index in [0.29, 0.717) is 25.7 Å². The van der Waals surface area contributed by atoms with Gasteiger partial charge in [0.1, 0.15) is 0 Å². The fourth-order valence-corrected chi connectivity index (χ4v) is 9.26. The van der Waals surface area contributed by atoms with Crippen LogP contribution in [-0.4, -0.2) is 67.6 Å². The van der Waals surface area contributed by atoms with Crippen molar-refractivity contribution in [1.82, 2.24) is 0 Å². The van der Waals surface area contributed by atoms with Gasteiger partial charge in [-0.25, -0.2) is 0 Å². The first-order chi connectivity index (χ1) is 16.5. The van der Waals surface area contributed by atoms with Gasteiger partial charge in [0.05, 0.1) is 35.1 Å². The van der Waals surface area contributed by atoms with Gasteiger partial charge in [-0.15, -0.1) is 0 Å². The lowest BCUT2D eigenvalue weighted by Gasteiger charge is -2.60. The summed E-state index contributed by atoms with van der Waals surface area (Å²) < 4.78 is 12.7. The molecule has 3 saturated carbocycles. The maximum atomic E-state index is 13.4. The summed E-state index contributed by atoms with van der Waals surface area (Å²) in [7, 11) is 0. The van der Waals surface area contributed by atoms with Gasteiger partial charge in [-0.2, -0.15) is 0 Å². The second-order valence-corrected chi connectivity index (χ2v) is 13.9. The van der Waals surface area contributed by atoms with Crippen LogP contribution in [0.15, 0.2) is 11.6 Å². The highest BCUT2D eigenvalue weighted by Crippen LogP contribution is 2.69. The van der Waals surface area contributed by atoms with E-state index >= 15 is 0 Å². The van der Waals surface area contributed by atoms with Gasteiger partial charge >= 0.3 is 0 Å².